The van der Waals surface area contributed by atoms with Crippen molar-refractivity contribution in [2.24, 2.45) is 5.73 Å². The second kappa shape index (κ2) is 5.98. The first-order chi connectivity index (χ1) is 6.38. The fourth-order valence-corrected chi connectivity index (χ4v) is 1.24. The van der Waals surface area contributed by atoms with E-state index in [2.05, 4.69) is 25.7 Å². The predicted molar refractivity (Wildman–Crippen MR) is 57.0 cm³/mol. The van der Waals surface area contributed by atoms with Gasteiger partial charge in [0.05, 0.1) is 6.54 Å². The lowest BCUT2D eigenvalue weighted by Crippen LogP contribution is -2.46. The van der Waals surface area contributed by atoms with E-state index < -0.39 is 0 Å². The highest BCUT2D eigenvalue weighted by molar-refractivity contribution is 5.76. The summed E-state index contributed by atoms with van der Waals surface area (Å²) in [6.45, 7) is 8.08. The molecule has 2 N–H and O–H groups in total. The lowest BCUT2D eigenvalue weighted by molar-refractivity contribution is -0.120. The summed E-state index contributed by atoms with van der Waals surface area (Å²) in [6, 6.07) is 0. The second-order valence-corrected chi connectivity index (χ2v) is 4.41. The molecule has 0 saturated heterocycles. The minimum absolute atomic E-state index is 0.0250. The molecule has 0 aliphatic carbocycles. The fraction of sp³-hybridized carbons (Fsp3) is 0.900. The Bertz CT molecular complexity index is 175. The maximum atomic E-state index is 10.8. The SMILES string of the molecule is COCCCN(CC(N)=O)C(C)(C)C. The number of rotatable bonds is 6. The van der Waals surface area contributed by atoms with Crippen LogP contribution in [0.15, 0.2) is 0 Å². The van der Waals surface area contributed by atoms with Gasteiger partial charge in [-0.25, -0.2) is 0 Å². The standard InChI is InChI=1S/C10H22N2O2/c1-10(2,3)12(8-9(11)13)6-5-7-14-4/h5-8H2,1-4H3,(H2,11,13). The smallest absolute Gasteiger partial charge is 0.231 e. The average molecular weight is 202 g/mol. The molecule has 0 aromatic rings. The molecule has 0 radical (unpaired) electrons. The molecule has 0 aliphatic rings. The minimum Gasteiger partial charge on any atom is -0.385 e. The van der Waals surface area contributed by atoms with Crippen LogP contribution < -0.4 is 5.73 Å². The molecule has 4 nitrogen and oxygen atoms in total. The summed E-state index contributed by atoms with van der Waals surface area (Å²) >= 11 is 0. The van der Waals surface area contributed by atoms with Crippen molar-refractivity contribution >= 4 is 5.91 Å². The summed E-state index contributed by atoms with van der Waals surface area (Å²) in [6.07, 6.45) is 0.918. The first-order valence-electron chi connectivity index (χ1n) is 4.90. The van der Waals surface area contributed by atoms with Crippen LogP contribution in [-0.2, 0) is 9.53 Å². The van der Waals surface area contributed by atoms with Crippen molar-refractivity contribution in [3.8, 4) is 0 Å². The first kappa shape index (κ1) is 13.4. The number of carbonyl (C=O) groups is 1. The molecular formula is C10H22N2O2. The van der Waals surface area contributed by atoms with Gasteiger partial charge in [0.1, 0.15) is 0 Å². The highest BCUT2D eigenvalue weighted by Crippen LogP contribution is 2.12. The van der Waals surface area contributed by atoms with E-state index in [0.717, 1.165) is 13.0 Å². The lowest BCUT2D eigenvalue weighted by atomic mass is 10.1. The maximum absolute atomic E-state index is 10.8. The van der Waals surface area contributed by atoms with Crippen LogP contribution in [0.5, 0.6) is 0 Å². The summed E-state index contributed by atoms with van der Waals surface area (Å²) in [5, 5.41) is 0. The minimum atomic E-state index is -0.280. The highest BCUT2D eigenvalue weighted by atomic mass is 16.5. The zero-order valence-corrected chi connectivity index (χ0v) is 9.67. The molecule has 0 aromatic carbocycles. The molecule has 0 atom stereocenters. The van der Waals surface area contributed by atoms with Crippen molar-refractivity contribution in [1.29, 1.82) is 0 Å². The molecule has 4 heteroatoms. The Morgan fingerprint density at radius 3 is 2.36 bits per heavy atom. The fourth-order valence-electron chi connectivity index (χ4n) is 1.24. The Balaban J connectivity index is 4.05. The maximum Gasteiger partial charge on any atom is 0.231 e. The van der Waals surface area contributed by atoms with Gasteiger partial charge >= 0.3 is 0 Å². The monoisotopic (exact) mass is 202 g/mol. The molecule has 0 bridgehead atoms. The summed E-state index contributed by atoms with van der Waals surface area (Å²) in [7, 11) is 1.68. The largest absolute Gasteiger partial charge is 0.385 e. The lowest BCUT2D eigenvalue weighted by Gasteiger charge is -2.34. The third-order valence-electron chi connectivity index (χ3n) is 2.07. The van der Waals surface area contributed by atoms with Gasteiger partial charge < -0.3 is 10.5 Å². The van der Waals surface area contributed by atoms with E-state index in [-0.39, 0.29) is 11.4 Å². The van der Waals surface area contributed by atoms with Crippen LogP contribution in [0.1, 0.15) is 27.2 Å². The van der Waals surface area contributed by atoms with Gasteiger partial charge in [-0.3, -0.25) is 9.69 Å². The van der Waals surface area contributed by atoms with Gasteiger partial charge in [-0.15, -0.1) is 0 Å². The van der Waals surface area contributed by atoms with Crippen molar-refractivity contribution in [2.45, 2.75) is 32.7 Å². The number of hydrogen-bond donors (Lipinski definition) is 1. The first-order valence-corrected chi connectivity index (χ1v) is 4.90. The quantitative estimate of drug-likeness (QED) is 0.642. The van der Waals surface area contributed by atoms with Crippen LogP contribution in [-0.4, -0.2) is 43.2 Å². The van der Waals surface area contributed by atoms with Crippen LogP contribution in [0.3, 0.4) is 0 Å². The predicted octanol–water partition coefficient (Wildman–Crippen LogP) is 0.609. The van der Waals surface area contributed by atoms with Crippen molar-refractivity contribution in [1.82, 2.24) is 4.90 Å². The molecule has 14 heavy (non-hydrogen) atoms. The summed E-state index contributed by atoms with van der Waals surface area (Å²) < 4.78 is 4.97. The molecular weight excluding hydrogens is 180 g/mol. The molecule has 0 fully saturated rings. The Morgan fingerprint density at radius 1 is 1.43 bits per heavy atom. The highest BCUT2D eigenvalue weighted by Gasteiger charge is 2.21. The molecule has 84 valence electrons. The van der Waals surface area contributed by atoms with Crippen molar-refractivity contribution in [3.05, 3.63) is 0 Å². The number of carbonyl (C=O) groups excluding carboxylic acids is 1. The Kier molecular flexibility index (Phi) is 5.72. The van der Waals surface area contributed by atoms with Crippen LogP contribution in [0, 0.1) is 0 Å². The van der Waals surface area contributed by atoms with E-state index in [0.29, 0.717) is 13.2 Å². The van der Waals surface area contributed by atoms with E-state index in [1.807, 2.05) is 0 Å². The van der Waals surface area contributed by atoms with Crippen molar-refractivity contribution in [2.75, 3.05) is 26.8 Å². The Labute approximate surface area is 86.4 Å². The van der Waals surface area contributed by atoms with Gasteiger partial charge in [-0.2, -0.15) is 0 Å². The molecule has 0 aromatic heterocycles. The van der Waals surface area contributed by atoms with Gasteiger partial charge in [0.2, 0.25) is 5.91 Å². The van der Waals surface area contributed by atoms with Gasteiger partial charge in [-0.05, 0) is 27.2 Å². The summed E-state index contributed by atoms with van der Waals surface area (Å²) in [5.74, 6) is -0.280. The van der Waals surface area contributed by atoms with E-state index in [1.54, 1.807) is 7.11 Å². The average Bonchev–Trinajstić information content (AvgIpc) is 2.00. The zero-order valence-electron chi connectivity index (χ0n) is 9.67. The summed E-state index contributed by atoms with van der Waals surface area (Å²) in [4.78, 5) is 12.9. The Hall–Kier alpha value is -0.610. The van der Waals surface area contributed by atoms with Gasteiger partial charge in [0, 0.05) is 25.8 Å². The number of hydrogen-bond acceptors (Lipinski definition) is 3. The molecule has 0 spiro atoms. The van der Waals surface area contributed by atoms with Gasteiger partial charge in [0.15, 0.2) is 0 Å². The molecule has 0 aliphatic heterocycles. The zero-order chi connectivity index (χ0) is 11.2. The third kappa shape index (κ3) is 5.94. The number of nitrogens with zero attached hydrogens (tertiary/aromatic N) is 1. The molecule has 0 rings (SSSR count). The van der Waals surface area contributed by atoms with E-state index in [4.69, 9.17) is 10.5 Å². The van der Waals surface area contributed by atoms with E-state index in [9.17, 15) is 4.79 Å². The topological polar surface area (TPSA) is 55.6 Å². The molecule has 0 heterocycles. The molecule has 0 unspecified atom stereocenters. The van der Waals surface area contributed by atoms with Crippen LogP contribution in [0.4, 0.5) is 0 Å². The van der Waals surface area contributed by atoms with E-state index in [1.165, 1.54) is 0 Å². The number of amides is 1. The number of nitrogens with two attached hydrogens (primary N) is 1. The van der Waals surface area contributed by atoms with Crippen molar-refractivity contribution < 1.29 is 9.53 Å². The summed E-state index contributed by atoms with van der Waals surface area (Å²) in [5.41, 5.74) is 5.16. The van der Waals surface area contributed by atoms with Crippen LogP contribution >= 0.6 is 0 Å². The van der Waals surface area contributed by atoms with Crippen LogP contribution in [0.2, 0.25) is 0 Å². The second-order valence-electron chi connectivity index (χ2n) is 4.41. The molecule has 1 amide bonds. The third-order valence-corrected chi connectivity index (χ3v) is 2.07. The van der Waals surface area contributed by atoms with Crippen molar-refractivity contribution in [3.63, 3.8) is 0 Å². The number of primary amides is 1. The van der Waals surface area contributed by atoms with Crippen LogP contribution in [0.25, 0.3) is 0 Å². The number of methoxy groups -OCH3 is 1. The van der Waals surface area contributed by atoms with E-state index >= 15 is 0 Å². The molecule has 0 saturated carbocycles. The normalized spacial score (nSPS) is 12.1. The van der Waals surface area contributed by atoms with Gasteiger partial charge in [-0.1, -0.05) is 0 Å². The Morgan fingerprint density at radius 2 is 2.00 bits per heavy atom. The number of ether oxygens (including phenoxy) is 1. The van der Waals surface area contributed by atoms with Gasteiger partial charge in [0.25, 0.3) is 0 Å².